The number of aromatic nitrogens is 4. The zero-order valence-corrected chi connectivity index (χ0v) is 13.0. The van der Waals surface area contributed by atoms with Gasteiger partial charge >= 0.3 is 0 Å². The average Bonchev–Trinajstić information content (AvgIpc) is 3.01. The lowest BCUT2D eigenvalue weighted by molar-refractivity contribution is 0.547. The van der Waals surface area contributed by atoms with Crippen molar-refractivity contribution in [3.8, 4) is 0 Å². The fourth-order valence-corrected chi connectivity index (χ4v) is 4.71. The van der Waals surface area contributed by atoms with Crippen LogP contribution in [0.5, 0.6) is 0 Å². The standard InChI is InChI=1S/C10H12ClN5O2S2/c1-6(9-14-13-7-3-2-4-16(7)9)15-20(17,18)8-5-12-10(11)19-8/h5-6,15H,2-4H2,1H3. The lowest BCUT2D eigenvalue weighted by atomic mass is 10.3. The van der Waals surface area contributed by atoms with Gasteiger partial charge in [-0.15, -0.1) is 10.2 Å². The van der Waals surface area contributed by atoms with E-state index in [0.29, 0.717) is 5.82 Å². The van der Waals surface area contributed by atoms with E-state index in [4.69, 9.17) is 11.6 Å². The van der Waals surface area contributed by atoms with Gasteiger partial charge in [0.2, 0.25) is 0 Å². The summed E-state index contributed by atoms with van der Waals surface area (Å²) in [5.74, 6) is 1.54. The first-order chi connectivity index (χ1) is 9.47. The van der Waals surface area contributed by atoms with E-state index in [1.54, 1.807) is 6.92 Å². The third-order valence-corrected chi connectivity index (χ3v) is 6.20. The van der Waals surface area contributed by atoms with Crippen molar-refractivity contribution in [3.05, 3.63) is 22.3 Å². The van der Waals surface area contributed by atoms with Crippen molar-refractivity contribution in [2.24, 2.45) is 0 Å². The van der Waals surface area contributed by atoms with Crippen LogP contribution in [0, 0.1) is 0 Å². The number of halogens is 1. The maximum absolute atomic E-state index is 12.2. The van der Waals surface area contributed by atoms with Gasteiger partial charge in [-0.3, -0.25) is 0 Å². The topological polar surface area (TPSA) is 89.8 Å². The van der Waals surface area contributed by atoms with E-state index in [9.17, 15) is 8.42 Å². The lowest BCUT2D eigenvalue weighted by Gasteiger charge is -2.13. The molecule has 1 unspecified atom stereocenters. The van der Waals surface area contributed by atoms with E-state index in [-0.39, 0.29) is 8.68 Å². The molecule has 1 atom stereocenters. The Kier molecular flexibility index (Phi) is 3.53. The van der Waals surface area contributed by atoms with Gasteiger partial charge in [-0.1, -0.05) is 22.9 Å². The summed E-state index contributed by atoms with van der Waals surface area (Å²) >= 11 is 6.59. The first-order valence-corrected chi connectivity index (χ1v) is 8.71. The van der Waals surface area contributed by atoms with Crippen molar-refractivity contribution in [2.45, 2.75) is 36.6 Å². The highest BCUT2D eigenvalue weighted by Gasteiger charge is 2.26. The minimum Gasteiger partial charge on any atom is -0.314 e. The third kappa shape index (κ3) is 2.46. The summed E-state index contributed by atoms with van der Waals surface area (Å²) in [6.07, 6.45) is 3.15. The van der Waals surface area contributed by atoms with Crippen LogP contribution in [0.4, 0.5) is 0 Å². The van der Waals surface area contributed by atoms with Gasteiger partial charge in [-0.25, -0.2) is 13.4 Å². The van der Waals surface area contributed by atoms with Crippen LogP contribution < -0.4 is 4.72 Å². The van der Waals surface area contributed by atoms with E-state index in [0.717, 1.165) is 36.5 Å². The number of rotatable bonds is 4. The van der Waals surface area contributed by atoms with E-state index in [1.807, 2.05) is 4.57 Å². The quantitative estimate of drug-likeness (QED) is 0.912. The molecule has 0 radical (unpaired) electrons. The molecule has 0 amide bonds. The molecule has 108 valence electrons. The van der Waals surface area contributed by atoms with Crippen LogP contribution >= 0.6 is 22.9 Å². The Labute approximate surface area is 125 Å². The summed E-state index contributed by atoms with van der Waals surface area (Å²) in [4.78, 5) is 3.74. The molecule has 2 aromatic heterocycles. The first kappa shape index (κ1) is 13.9. The lowest BCUT2D eigenvalue weighted by Crippen LogP contribution is -2.28. The molecule has 0 spiro atoms. The molecule has 10 heteroatoms. The molecule has 7 nitrogen and oxygen atoms in total. The van der Waals surface area contributed by atoms with E-state index < -0.39 is 16.1 Å². The molecule has 3 rings (SSSR count). The largest absolute Gasteiger partial charge is 0.314 e. The van der Waals surface area contributed by atoms with E-state index >= 15 is 0 Å². The molecule has 0 aromatic carbocycles. The van der Waals surface area contributed by atoms with Crippen LogP contribution in [0.2, 0.25) is 4.47 Å². The van der Waals surface area contributed by atoms with Crippen LogP contribution in [-0.2, 0) is 23.0 Å². The van der Waals surface area contributed by atoms with Crippen molar-refractivity contribution in [2.75, 3.05) is 0 Å². The minimum atomic E-state index is -3.64. The molecular weight excluding hydrogens is 322 g/mol. The second-order valence-corrected chi connectivity index (χ2v) is 8.06. The summed E-state index contributed by atoms with van der Waals surface area (Å²) in [6, 6.07) is -0.458. The van der Waals surface area contributed by atoms with Gasteiger partial charge in [0.15, 0.2) is 14.5 Å². The number of nitrogens with zero attached hydrogens (tertiary/aromatic N) is 4. The smallest absolute Gasteiger partial charge is 0.252 e. The Morgan fingerprint density at radius 2 is 2.30 bits per heavy atom. The van der Waals surface area contributed by atoms with Crippen LogP contribution in [0.15, 0.2) is 10.4 Å². The van der Waals surface area contributed by atoms with Gasteiger partial charge < -0.3 is 4.57 Å². The molecule has 1 aliphatic rings. The van der Waals surface area contributed by atoms with E-state index in [2.05, 4.69) is 19.9 Å². The van der Waals surface area contributed by atoms with Crippen molar-refractivity contribution >= 4 is 33.0 Å². The molecule has 1 N–H and O–H groups in total. The van der Waals surface area contributed by atoms with Crippen molar-refractivity contribution in [1.82, 2.24) is 24.5 Å². The molecular formula is C10H12ClN5O2S2. The number of hydrogen-bond donors (Lipinski definition) is 1. The predicted molar refractivity (Wildman–Crippen MR) is 74.2 cm³/mol. The van der Waals surface area contributed by atoms with Gasteiger partial charge in [0.25, 0.3) is 10.0 Å². The highest BCUT2D eigenvalue weighted by molar-refractivity contribution is 7.91. The summed E-state index contributed by atoms with van der Waals surface area (Å²) in [5, 5.41) is 8.14. The van der Waals surface area contributed by atoms with Crippen molar-refractivity contribution in [1.29, 1.82) is 0 Å². The van der Waals surface area contributed by atoms with Gasteiger partial charge in [0.1, 0.15) is 5.82 Å². The van der Waals surface area contributed by atoms with Gasteiger partial charge in [-0.2, -0.15) is 4.72 Å². The number of nitrogens with one attached hydrogen (secondary N) is 1. The number of fused-ring (bicyclic) bond motifs is 1. The Morgan fingerprint density at radius 3 is 3.00 bits per heavy atom. The number of thiazole rings is 1. The monoisotopic (exact) mass is 333 g/mol. The average molecular weight is 334 g/mol. The molecule has 3 heterocycles. The number of hydrogen-bond acceptors (Lipinski definition) is 6. The van der Waals surface area contributed by atoms with Gasteiger partial charge in [-0.05, 0) is 13.3 Å². The normalized spacial score (nSPS) is 16.3. The van der Waals surface area contributed by atoms with Crippen molar-refractivity contribution < 1.29 is 8.42 Å². The molecule has 0 fully saturated rings. The van der Waals surface area contributed by atoms with Crippen LogP contribution in [0.25, 0.3) is 0 Å². The van der Waals surface area contributed by atoms with Gasteiger partial charge in [0.05, 0.1) is 12.2 Å². The van der Waals surface area contributed by atoms with E-state index in [1.165, 1.54) is 6.20 Å². The molecule has 0 saturated carbocycles. The fourth-order valence-electron chi connectivity index (χ4n) is 2.20. The molecule has 20 heavy (non-hydrogen) atoms. The van der Waals surface area contributed by atoms with Crippen LogP contribution in [0.3, 0.4) is 0 Å². The second kappa shape index (κ2) is 5.06. The Morgan fingerprint density at radius 1 is 1.50 bits per heavy atom. The zero-order chi connectivity index (χ0) is 14.3. The maximum atomic E-state index is 12.2. The Hall–Kier alpha value is -1.03. The molecule has 0 bridgehead atoms. The minimum absolute atomic E-state index is 0.0931. The zero-order valence-electron chi connectivity index (χ0n) is 10.6. The maximum Gasteiger partial charge on any atom is 0.252 e. The SMILES string of the molecule is CC(NS(=O)(=O)c1cnc(Cl)s1)c1nnc2n1CCC2. The molecule has 0 saturated heterocycles. The predicted octanol–water partition coefficient (Wildman–Crippen LogP) is 1.37. The van der Waals surface area contributed by atoms with Crippen LogP contribution in [-0.4, -0.2) is 28.2 Å². The Balaban J connectivity index is 1.83. The van der Waals surface area contributed by atoms with Gasteiger partial charge in [0, 0.05) is 13.0 Å². The molecule has 2 aromatic rings. The summed E-state index contributed by atoms with van der Waals surface area (Å²) in [5.41, 5.74) is 0. The number of aryl methyl sites for hydroxylation is 1. The second-order valence-electron chi connectivity index (χ2n) is 4.50. The summed E-state index contributed by atoms with van der Waals surface area (Å²) in [6.45, 7) is 2.58. The summed E-state index contributed by atoms with van der Waals surface area (Å²) < 4.78 is 29.2. The van der Waals surface area contributed by atoms with Crippen LogP contribution in [0.1, 0.15) is 31.0 Å². The first-order valence-electron chi connectivity index (χ1n) is 6.03. The number of sulfonamides is 1. The Bertz CT molecular complexity index is 739. The highest BCUT2D eigenvalue weighted by atomic mass is 35.5. The molecule has 1 aliphatic heterocycles. The highest BCUT2D eigenvalue weighted by Crippen LogP contribution is 2.25. The third-order valence-electron chi connectivity index (χ3n) is 3.08. The fraction of sp³-hybridized carbons (Fsp3) is 0.500. The van der Waals surface area contributed by atoms with Crippen molar-refractivity contribution in [3.63, 3.8) is 0 Å². The summed E-state index contributed by atoms with van der Waals surface area (Å²) in [7, 11) is -3.64. The molecule has 0 aliphatic carbocycles.